The van der Waals surface area contributed by atoms with Gasteiger partial charge in [0.25, 0.3) is 5.82 Å². The Bertz CT molecular complexity index is 640. The first-order chi connectivity index (χ1) is 8.90. The summed E-state index contributed by atoms with van der Waals surface area (Å²) < 4.78 is 14.9. The van der Waals surface area contributed by atoms with Crippen molar-refractivity contribution < 1.29 is 14.3 Å². The van der Waals surface area contributed by atoms with Crippen molar-refractivity contribution in [2.75, 3.05) is 0 Å². The first-order valence-corrected chi connectivity index (χ1v) is 6.35. The maximum Gasteiger partial charge on any atom is 0.375 e. The van der Waals surface area contributed by atoms with Gasteiger partial charge in [-0.3, -0.25) is 0 Å². The lowest BCUT2D eigenvalue weighted by Gasteiger charge is -2.08. The Kier molecular flexibility index (Phi) is 3.66. The molecule has 0 aliphatic carbocycles. The SMILES string of the molecule is CC(C)c1nc(C(=O)O)nn1-c1ccc(F)c(Br)c1. The molecule has 100 valence electrons. The van der Waals surface area contributed by atoms with Crippen molar-refractivity contribution in [3.05, 3.63) is 40.1 Å². The summed E-state index contributed by atoms with van der Waals surface area (Å²) in [5.74, 6) is -1.36. The number of carboxylic acid groups (broad SMARTS) is 1. The van der Waals surface area contributed by atoms with Crippen LogP contribution >= 0.6 is 15.9 Å². The summed E-state index contributed by atoms with van der Waals surface area (Å²) in [5, 5.41) is 12.9. The Morgan fingerprint density at radius 2 is 2.16 bits per heavy atom. The first kappa shape index (κ1) is 13.7. The molecule has 0 saturated heterocycles. The fraction of sp³-hybridized carbons (Fsp3) is 0.250. The van der Waals surface area contributed by atoms with Gasteiger partial charge < -0.3 is 5.11 Å². The number of nitrogens with zero attached hydrogens (tertiary/aromatic N) is 3. The molecule has 0 saturated carbocycles. The number of aromatic carboxylic acids is 1. The molecular weight excluding hydrogens is 317 g/mol. The molecule has 0 unspecified atom stereocenters. The minimum atomic E-state index is -1.19. The van der Waals surface area contributed by atoms with Crippen LogP contribution in [0.2, 0.25) is 0 Å². The van der Waals surface area contributed by atoms with Crippen molar-refractivity contribution in [2.45, 2.75) is 19.8 Å². The van der Waals surface area contributed by atoms with Crippen LogP contribution in [0, 0.1) is 5.82 Å². The van der Waals surface area contributed by atoms with E-state index in [9.17, 15) is 9.18 Å². The maximum absolute atomic E-state index is 13.2. The Morgan fingerprint density at radius 1 is 1.47 bits per heavy atom. The second-order valence-electron chi connectivity index (χ2n) is 4.26. The maximum atomic E-state index is 13.2. The van der Waals surface area contributed by atoms with Crippen molar-refractivity contribution in [1.82, 2.24) is 14.8 Å². The highest BCUT2D eigenvalue weighted by molar-refractivity contribution is 9.10. The predicted molar refractivity (Wildman–Crippen MR) is 70.1 cm³/mol. The topological polar surface area (TPSA) is 68.0 Å². The average Bonchev–Trinajstić information content (AvgIpc) is 2.78. The van der Waals surface area contributed by atoms with E-state index in [1.165, 1.54) is 22.9 Å². The first-order valence-electron chi connectivity index (χ1n) is 5.56. The van der Waals surface area contributed by atoms with Gasteiger partial charge in [-0.15, -0.1) is 5.10 Å². The highest BCUT2D eigenvalue weighted by Gasteiger charge is 2.19. The lowest BCUT2D eigenvalue weighted by molar-refractivity contribution is 0.0683. The number of hydrogen-bond acceptors (Lipinski definition) is 3. The summed E-state index contributed by atoms with van der Waals surface area (Å²) in [6.45, 7) is 3.76. The molecule has 5 nitrogen and oxygen atoms in total. The van der Waals surface area contributed by atoms with Gasteiger partial charge in [0.05, 0.1) is 10.2 Å². The molecule has 2 rings (SSSR count). The highest BCUT2D eigenvalue weighted by atomic mass is 79.9. The number of aromatic nitrogens is 3. The molecule has 0 fully saturated rings. The van der Waals surface area contributed by atoms with Gasteiger partial charge >= 0.3 is 5.97 Å². The van der Waals surface area contributed by atoms with E-state index in [1.807, 2.05) is 13.8 Å². The van der Waals surface area contributed by atoms with Crippen LogP contribution in [-0.4, -0.2) is 25.8 Å². The van der Waals surface area contributed by atoms with Gasteiger partial charge in [0.15, 0.2) is 0 Å². The zero-order valence-electron chi connectivity index (χ0n) is 10.3. The monoisotopic (exact) mass is 327 g/mol. The van der Waals surface area contributed by atoms with E-state index in [0.29, 0.717) is 11.5 Å². The predicted octanol–water partition coefficient (Wildman–Crippen LogP) is 2.99. The third-order valence-corrected chi connectivity index (χ3v) is 3.10. The highest BCUT2D eigenvalue weighted by Crippen LogP contribution is 2.22. The van der Waals surface area contributed by atoms with Gasteiger partial charge in [0.1, 0.15) is 11.6 Å². The van der Waals surface area contributed by atoms with Crippen LogP contribution in [0.5, 0.6) is 0 Å². The van der Waals surface area contributed by atoms with Gasteiger partial charge in [-0.2, -0.15) is 0 Å². The number of rotatable bonds is 3. The molecule has 0 aliphatic heterocycles. The van der Waals surface area contributed by atoms with E-state index >= 15 is 0 Å². The minimum absolute atomic E-state index is 0.00979. The minimum Gasteiger partial charge on any atom is -0.475 e. The van der Waals surface area contributed by atoms with Crippen molar-refractivity contribution in [3.8, 4) is 5.69 Å². The smallest absolute Gasteiger partial charge is 0.375 e. The van der Waals surface area contributed by atoms with Crippen molar-refractivity contribution in [1.29, 1.82) is 0 Å². The van der Waals surface area contributed by atoms with Crippen molar-refractivity contribution >= 4 is 21.9 Å². The van der Waals surface area contributed by atoms with Crippen LogP contribution in [0.1, 0.15) is 36.2 Å². The Hall–Kier alpha value is -1.76. The van der Waals surface area contributed by atoms with Crippen LogP contribution in [0.4, 0.5) is 4.39 Å². The van der Waals surface area contributed by atoms with E-state index in [4.69, 9.17) is 5.11 Å². The van der Waals surface area contributed by atoms with Crippen molar-refractivity contribution in [2.24, 2.45) is 0 Å². The largest absolute Gasteiger partial charge is 0.475 e. The average molecular weight is 328 g/mol. The second-order valence-corrected chi connectivity index (χ2v) is 5.12. The van der Waals surface area contributed by atoms with Crippen LogP contribution in [0.3, 0.4) is 0 Å². The Morgan fingerprint density at radius 3 is 2.68 bits per heavy atom. The van der Waals surface area contributed by atoms with E-state index in [0.717, 1.165) is 0 Å². The second kappa shape index (κ2) is 5.08. The van der Waals surface area contributed by atoms with E-state index in [2.05, 4.69) is 26.0 Å². The van der Waals surface area contributed by atoms with Crippen LogP contribution in [0.15, 0.2) is 22.7 Å². The summed E-state index contributed by atoms with van der Waals surface area (Å²) in [6.07, 6.45) is 0. The van der Waals surface area contributed by atoms with E-state index in [1.54, 1.807) is 0 Å². The van der Waals surface area contributed by atoms with Crippen LogP contribution in [0.25, 0.3) is 5.69 Å². The van der Waals surface area contributed by atoms with Crippen LogP contribution in [-0.2, 0) is 0 Å². The lowest BCUT2D eigenvalue weighted by atomic mass is 10.2. The summed E-state index contributed by atoms with van der Waals surface area (Å²) >= 11 is 3.09. The summed E-state index contributed by atoms with van der Waals surface area (Å²) in [5.41, 5.74) is 0.553. The molecule has 1 N–H and O–H groups in total. The quantitative estimate of drug-likeness (QED) is 0.940. The zero-order valence-corrected chi connectivity index (χ0v) is 11.8. The molecule has 0 atom stereocenters. The fourth-order valence-corrected chi connectivity index (χ4v) is 1.96. The van der Waals surface area contributed by atoms with Gasteiger partial charge in [0, 0.05) is 5.92 Å². The van der Waals surface area contributed by atoms with E-state index < -0.39 is 11.8 Å². The van der Waals surface area contributed by atoms with Gasteiger partial charge in [0.2, 0.25) is 0 Å². The van der Waals surface area contributed by atoms with Gasteiger partial charge in [-0.05, 0) is 34.1 Å². The zero-order chi connectivity index (χ0) is 14.2. The molecule has 0 aliphatic rings. The number of benzene rings is 1. The molecule has 1 heterocycles. The third kappa shape index (κ3) is 2.65. The molecule has 1 aromatic carbocycles. The standard InChI is InChI=1S/C12H11BrFN3O2/c1-6(2)11-15-10(12(18)19)16-17(11)7-3-4-9(14)8(13)5-7/h3-6H,1-2H3,(H,18,19). The Labute approximate surface area is 117 Å². The molecule has 2 aromatic rings. The van der Waals surface area contributed by atoms with E-state index in [-0.39, 0.29) is 16.2 Å². The normalized spacial score (nSPS) is 11.0. The molecule has 0 spiro atoms. The Balaban J connectivity index is 2.59. The number of hydrogen-bond donors (Lipinski definition) is 1. The molecule has 0 bridgehead atoms. The molecule has 7 heteroatoms. The fourth-order valence-electron chi connectivity index (χ4n) is 1.60. The molecule has 1 aromatic heterocycles. The summed E-state index contributed by atoms with van der Waals surface area (Å²) in [4.78, 5) is 14.9. The molecule has 19 heavy (non-hydrogen) atoms. The third-order valence-electron chi connectivity index (χ3n) is 2.49. The van der Waals surface area contributed by atoms with Gasteiger partial charge in [-0.1, -0.05) is 13.8 Å². The number of halogens is 2. The molecule has 0 radical (unpaired) electrons. The van der Waals surface area contributed by atoms with Gasteiger partial charge in [-0.25, -0.2) is 18.9 Å². The molecular formula is C12H11BrFN3O2. The summed E-state index contributed by atoms with van der Waals surface area (Å²) in [7, 11) is 0. The molecule has 0 amide bonds. The van der Waals surface area contributed by atoms with Crippen molar-refractivity contribution in [3.63, 3.8) is 0 Å². The number of carbonyl (C=O) groups is 1. The van der Waals surface area contributed by atoms with Crippen LogP contribution < -0.4 is 0 Å². The number of carboxylic acids is 1. The summed E-state index contributed by atoms with van der Waals surface area (Å²) in [6, 6.07) is 4.33. The lowest BCUT2D eigenvalue weighted by Crippen LogP contribution is -2.05.